The lowest BCUT2D eigenvalue weighted by molar-refractivity contribution is 0.952. The Bertz CT molecular complexity index is 530. The van der Waals surface area contributed by atoms with E-state index in [-0.39, 0.29) is 0 Å². The zero-order valence-electron chi connectivity index (χ0n) is 9.81. The molecular weight excluding hydrogens is 332 g/mol. The van der Waals surface area contributed by atoms with Crippen molar-refractivity contribution < 1.29 is 0 Å². The third-order valence-electron chi connectivity index (χ3n) is 2.21. The van der Waals surface area contributed by atoms with Gasteiger partial charge in [0.1, 0.15) is 11.6 Å². The molecule has 0 saturated carbocycles. The third kappa shape index (κ3) is 3.86. The number of nitrogens with zero attached hydrogens (tertiary/aromatic N) is 2. The predicted molar refractivity (Wildman–Crippen MR) is 82.4 cm³/mol. The van der Waals surface area contributed by atoms with Crippen LogP contribution in [0.5, 0.6) is 0 Å². The molecule has 0 bridgehead atoms. The van der Waals surface area contributed by atoms with E-state index in [2.05, 4.69) is 43.3 Å². The maximum atomic E-state index is 5.71. The minimum absolute atomic E-state index is 0.496. The summed E-state index contributed by atoms with van der Waals surface area (Å²) >= 11 is 6.69. The van der Waals surface area contributed by atoms with Gasteiger partial charge in [-0.1, -0.05) is 11.8 Å². The van der Waals surface area contributed by atoms with Gasteiger partial charge in [-0.3, -0.25) is 0 Å². The van der Waals surface area contributed by atoms with E-state index < -0.39 is 0 Å². The Morgan fingerprint density at radius 1 is 1.44 bits per heavy atom. The fourth-order valence-electron chi connectivity index (χ4n) is 1.42. The first kappa shape index (κ1) is 13.6. The van der Waals surface area contributed by atoms with E-state index in [1.807, 2.05) is 6.26 Å². The zero-order chi connectivity index (χ0) is 13.0. The van der Waals surface area contributed by atoms with Gasteiger partial charge in [0.25, 0.3) is 0 Å². The lowest BCUT2D eigenvalue weighted by Crippen LogP contribution is -2.07. The normalized spacial score (nSPS) is 10.6. The Kier molecular flexibility index (Phi) is 4.85. The van der Waals surface area contributed by atoms with Crippen molar-refractivity contribution in [3.63, 3.8) is 0 Å². The Labute approximate surface area is 123 Å². The molecule has 0 amide bonds. The van der Waals surface area contributed by atoms with Crippen LogP contribution in [-0.4, -0.2) is 22.8 Å². The summed E-state index contributed by atoms with van der Waals surface area (Å²) in [5, 5.41) is 3.96. The van der Waals surface area contributed by atoms with Gasteiger partial charge in [0.05, 0.1) is 3.79 Å². The van der Waals surface area contributed by atoms with E-state index >= 15 is 0 Å². The highest BCUT2D eigenvalue weighted by molar-refractivity contribution is 9.11. The first-order valence-electron chi connectivity index (χ1n) is 5.34. The van der Waals surface area contributed by atoms with E-state index in [4.69, 9.17) is 5.73 Å². The number of thioether (sulfide) groups is 1. The second kappa shape index (κ2) is 6.40. The van der Waals surface area contributed by atoms with Gasteiger partial charge in [0.2, 0.25) is 0 Å². The van der Waals surface area contributed by atoms with Crippen LogP contribution in [0.4, 0.5) is 11.6 Å². The van der Waals surface area contributed by atoms with Gasteiger partial charge in [-0.05, 0) is 40.7 Å². The van der Waals surface area contributed by atoms with Gasteiger partial charge in [-0.25, -0.2) is 9.97 Å². The van der Waals surface area contributed by atoms with Crippen molar-refractivity contribution in [2.45, 2.75) is 11.6 Å². The molecule has 0 fully saturated rings. The minimum Gasteiger partial charge on any atom is -0.383 e. The number of thiophene rings is 1. The standard InChI is InChI=1S/C11H13BrN4S2/c1-17-11-15-9(13)6-10(16-11)14-5-4-7-2-3-8(12)18-7/h2-3,6H,4-5H2,1H3,(H3,13,14,15,16). The first-order chi connectivity index (χ1) is 8.67. The highest BCUT2D eigenvalue weighted by atomic mass is 79.9. The molecular formula is C11H13BrN4S2. The van der Waals surface area contributed by atoms with Crippen LogP contribution < -0.4 is 11.1 Å². The summed E-state index contributed by atoms with van der Waals surface area (Å²) in [6.07, 6.45) is 2.90. The SMILES string of the molecule is CSc1nc(N)cc(NCCc2ccc(Br)s2)n1. The van der Waals surface area contributed by atoms with Crippen LogP contribution in [0.1, 0.15) is 4.88 Å². The maximum absolute atomic E-state index is 5.71. The molecule has 0 aromatic carbocycles. The van der Waals surface area contributed by atoms with Crippen LogP contribution in [-0.2, 0) is 6.42 Å². The summed E-state index contributed by atoms with van der Waals surface area (Å²) in [4.78, 5) is 9.79. The molecule has 0 saturated heterocycles. The number of nitrogens with one attached hydrogen (secondary N) is 1. The van der Waals surface area contributed by atoms with Crippen LogP contribution in [0.2, 0.25) is 0 Å². The second-order valence-electron chi connectivity index (χ2n) is 3.55. The second-order valence-corrected chi connectivity index (χ2v) is 6.87. The zero-order valence-corrected chi connectivity index (χ0v) is 13.0. The number of hydrogen-bond donors (Lipinski definition) is 2. The van der Waals surface area contributed by atoms with Gasteiger partial charge in [-0.2, -0.15) is 0 Å². The summed E-state index contributed by atoms with van der Waals surface area (Å²) in [5.41, 5.74) is 5.71. The molecule has 0 aliphatic heterocycles. The minimum atomic E-state index is 0.496. The summed E-state index contributed by atoms with van der Waals surface area (Å²) in [5.74, 6) is 1.28. The molecule has 2 rings (SSSR count). The van der Waals surface area contributed by atoms with E-state index in [1.165, 1.54) is 16.6 Å². The van der Waals surface area contributed by atoms with Crippen molar-refractivity contribution in [3.05, 3.63) is 26.9 Å². The number of aromatic nitrogens is 2. The van der Waals surface area contributed by atoms with E-state index in [0.29, 0.717) is 11.0 Å². The Morgan fingerprint density at radius 3 is 2.94 bits per heavy atom. The highest BCUT2D eigenvalue weighted by Gasteiger charge is 2.02. The van der Waals surface area contributed by atoms with Crippen LogP contribution >= 0.6 is 39.0 Å². The van der Waals surface area contributed by atoms with Gasteiger partial charge in [0.15, 0.2) is 5.16 Å². The molecule has 0 atom stereocenters. The number of halogens is 1. The molecule has 2 aromatic rings. The molecule has 0 aliphatic carbocycles. The topological polar surface area (TPSA) is 63.8 Å². The average molecular weight is 345 g/mol. The molecule has 0 radical (unpaired) electrons. The molecule has 96 valence electrons. The summed E-state index contributed by atoms with van der Waals surface area (Å²) in [6.45, 7) is 0.831. The first-order valence-corrected chi connectivity index (χ1v) is 8.17. The molecule has 3 N–H and O–H groups in total. The molecule has 7 heteroatoms. The van der Waals surface area contributed by atoms with Gasteiger partial charge >= 0.3 is 0 Å². The number of nitrogen functional groups attached to an aromatic ring is 1. The van der Waals surface area contributed by atoms with E-state index in [0.717, 1.165) is 22.6 Å². The number of hydrogen-bond acceptors (Lipinski definition) is 6. The summed E-state index contributed by atoms with van der Waals surface area (Å²) < 4.78 is 1.16. The lowest BCUT2D eigenvalue weighted by Gasteiger charge is -2.06. The number of anilines is 2. The summed E-state index contributed by atoms with van der Waals surface area (Å²) in [7, 11) is 0. The Hall–Kier alpha value is -0.790. The van der Waals surface area contributed by atoms with Gasteiger partial charge in [-0.15, -0.1) is 11.3 Å². The fourth-order valence-corrected chi connectivity index (χ4v) is 3.29. The van der Waals surface area contributed by atoms with Crippen molar-refractivity contribution in [1.82, 2.24) is 9.97 Å². The third-order valence-corrected chi connectivity index (χ3v) is 4.45. The Balaban J connectivity index is 1.91. The van der Waals surface area contributed by atoms with E-state index in [9.17, 15) is 0 Å². The van der Waals surface area contributed by atoms with Crippen molar-refractivity contribution in [3.8, 4) is 0 Å². The maximum Gasteiger partial charge on any atom is 0.191 e. The molecule has 4 nitrogen and oxygen atoms in total. The van der Waals surface area contributed by atoms with Gasteiger partial charge < -0.3 is 11.1 Å². The van der Waals surface area contributed by atoms with Crippen molar-refractivity contribution in [2.75, 3.05) is 23.9 Å². The molecule has 0 spiro atoms. The van der Waals surface area contributed by atoms with Crippen LogP contribution in [0.15, 0.2) is 27.1 Å². The number of rotatable bonds is 5. The molecule has 0 aliphatic rings. The molecule has 0 unspecified atom stereocenters. The largest absolute Gasteiger partial charge is 0.383 e. The molecule has 2 aromatic heterocycles. The fraction of sp³-hybridized carbons (Fsp3) is 0.273. The van der Waals surface area contributed by atoms with Crippen LogP contribution in [0.25, 0.3) is 0 Å². The van der Waals surface area contributed by atoms with Gasteiger partial charge in [0, 0.05) is 17.5 Å². The van der Waals surface area contributed by atoms with Crippen molar-refractivity contribution >= 4 is 50.7 Å². The van der Waals surface area contributed by atoms with Crippen LogP contribution in [0, 0.1) is 0 Å². The van der Waals surface area contributed by atoms with E-state index in [1.54, 1.807) is 17.4 Å². The van der Waals surface area contributed by atoms with Crippen LogP contribution in [0.3, 0.4) is 0 Å². The lowest BCUT2D eigenvalue weighted by atomic mass is 10.3. The van der Waals surface area contributed by atoms with Crippen molar-refractivity contribution in [2.24, 2.45) is 0 Å². The quantitative estimate of drug-likeness (QED) is 0.643. The molecule has 2 heterocycles. The number of nitrogens with two attached hydrogens (primary N) is 1. The average Bonchev–Trinajstić information content (AvgIpc) is 2.74. The molecule has 18 heavy (non-hydrogen) atoms. The smallest absolute Gasteiger partial charge is 0.191 e. The highest BCUT2D eigenvalue weighted by Crippen LogP contribution is 2.22. The Morgan fingerprint density at radius 2 is 2.28 bits per heavy atom. The predicted octanol–water partition coefficient (Wildman–Crippen LogP) is 3.26. The summed E-state index contributed by atoms with van der Waals surface area (Å²) in [6, 6.07) is 5.94. The monoisotopic (exact) mass is 344 g/mol. The van der Waals surface area contributed by atoms with Crippen molar-refractivity contribution in [1.29, 1.82) is 0 Å².